The summed E-state index contributed by atoms with van der Waals surface area (Å²) in [4.78, 5) is 48.8. The number of anilines is 2. The summed E-state index contributed by atoms with van der Waals surface area (Å²) in [5, 5.41) is 21.2. The zero-order valence-electron chi connectivity index (χ0n) is 28.6. The molecule has 1 spiro atoms. The first-order valence-electron chi connectivity index (χ1n) is 17.0. The molecule has 262 valence electrons. The predicted octanol–water partition coefficient (Wildman–Crippen LogP) is 4.55. The van der Waals surface area contributed by atoms with Crippen LogP contribution in [0, 0.1) is 17.7 Å². The molecule has 51 heavy (non-hydrogen) atoms. The van der Waals surface area contributed by atoms with Gasteiger partial charge in [-0.3, -0.25) is 19.9 Å². The summed E-state index contributed by atoms with van der Waals surface area (Å²) in [6.45, 7) is 4.85. The second-order valence-electron chi connectivity index (χ2n) is 13.4. The van der Waals surface area contributed by atoms with Crippen molar-refractivity contribution in [2.24, 2.45) is 5.41 Å². The van der Waals surface area contributed by atoms with Crippen molar-refractivity contribution in [3.63, 3.8) is 0 Å². The van der Waals surface area contributed by atoms with Crippen LogP contribution in [0.3, 0.4) is 0 Å². The largest absolute Gasteiger partial charge is 0.770 e. The average Bonchev–Trinajstić information content (AvgIpc) is 3.83. The van der Waals surface area contributed by atoms with Gasteiger partial charge in [0.2, 0.25) is 11.8 Å². The van der Waals surface area contributed by atoms with E-state index in [1.165, 1.54) is 7.05 Å². The number of rotatable bonds is 7. The van der Waals surface area contributed by atoms with Crippen molar-refractivity contribution in [1.29, 1.82) is 5.41 Å². The molecule has 1 aromatic heterocycles. The normalized spacial score (nSPS) is 19.1. The number of nitrogen functional groups attached to an aromatic ring is 1. The van der Waals surface area contributed by atoms with Gasteiger partial charge in [-0.1, -0.05) is 30.3 Å². The molecule has 13 heteroatoms. The number of hydrogen-bond donors (Lipinski definition) is 3. The van der Waals surface area contributed by atoms with E-state index in [2.05, 4.69) is 15.2 Å². The van der Waals surface area contributed by atoms with Crippen molar-refractivity contribution in [3.05, 3.63) is 100 Å². The summed E-state index contributed by atoms with van der Waals surface area (Å²) in [5.41, 5.74) is 12.2. The number of carbonyl (C=O) groups excluding carboxylic acids is 3. The molecule has 4 N–H and O–H groups in total. The zero-order valence-corrected chi connectivity index (χ0v) is 28.6. The first-order valence-corrected chi connectivity index (χ1v) is 17.0. The maximum atomic E-state index is 14.0. The molecule has 0 saturated carbocycles. The van der Waals surface area contributed by atoms with Gasteiger partial charge in [0.05, 0.1) is 17.7 Å². The number of carbonyl (C=O) groups is 3. The molecule has 0 unspecified atom stereocenters. The van der Waals surface area contributed by atoms with E-state index < -0.39 is 17.4 Å². The number of hydrogen-bond acceptors (Lipinski definition) is 9. The molecule has 1 atom stereocenters. The lowest BCUT2D eigenvalue weighted by molar-refractivity contribution is -0.132. The van der Waals surface area contributed by atoms with E-state index in [0.717, 1.165) is 11.1 Å². The molecule has 3 amide bonds. The number of oxazole rings is 1. The van der Waals surface area contributed by atoms with Crippen LogP contribution in [0.5, 0.6) is 0 Å². The van der Waals surface area contributed by atoms with Crippen LogP contribution >= 0.6 is 0 Å². The molecule has 2 saturated heterocycles. The van der Waals surface area contributed by atoms with Crippen LogP contribution in [-0.4, -0.2) is 90.6 Å². The highest BCUT2D eigenvalue weighted by Gasteiger charge is 2.51. The maximum absolute atomic E-state index is 14.0. The Bertz CT molecular complexity index is 2100. The molecular weight excluding hydrogens is 648 g/mol. The Morgan fingerprint density at radius 1 is 1.06 bits per heavy atom. The van der Waals surface area contributed by atoms with Gasteiger partial charge in [-0.15, -0.1) is 0 Å². The minimum absolute atomic E-state index is 0.0338. The quantitative estimate of drug-likeness (QED) is 0.144. The number of ether oxygens (including phenoxy) is 1. The minimum Gasteiger partial charge on any atom is -0.770 e. The van der Waals surface area contributed by atoms with Crippen LogP contribution in [0.4, 0.5) is 16.2 Å². The molecule has 4 heterocycles. The number of alkyl carbamates (subject to hydrolysis) is 1. The van der Waals surface area contributed by atoms with Crippen LogP contribution in [0.1, 0.15) is 47.4 Å². The van der Waals surface area contributed by atoms with E-state index in [1.807, 2.05) is 47.4 Å². The number of nitrogens with two attached hydrogens (primary N) is 1. The van der Waals surface area contributed by atoms with Gasteiger partial charge >= 0.3 is 6.09 Å². The monoisotopic (exact) mass is 687 g/mol. The molecule has 4 aromatic rings. The Kier molecular flexibility index (Phi) is 8.90. The highest BCUT2D eigenvalue weighted by molar-refractivity contribution is 6.15. The number of nitrogens with one attached hydrogen (secondary N) is 2. The third kappa shape index (κ3) is 6.59. The molecule has 3 aliphatic rings. The summed E-state index contributed by atoms with van der Waals surface area (Å²) in [5.74, 6) is 0.156. The Balaban J connectivity index is 0.955. The van der Waals surface area contributed by atoms with Crippen LogP contribution in [0.15, 0.2) is 71.2 Å². The van der Waals surface area contributed by atoms with E-state index in [0.29, 0.717) is 97.0 Å². The van der Waals surface area contributed by atoms with Crippen LogP contribution < -0.4 is 16.0 Å². The predicted molar refractivity (Wildman–Crippen MR) is 195 cm³/mol. The zero-order chi connectivity index (χ0) is 35.9. The van der Waals surface area contributed by atoms with Crippen LogP contribution in [0.25, 0.3) is 22.1 Å². The van der Waals surface area contributed by atoms with Gasteiger partial charge in [0.25, 0.3) is 0 Å². The van der Waals surface area contributed by atoms with Crippen molar-refractivity contribution in [2.75, 3.05) is 56.9 Å². The minimum atomic E-state index is -0.753. The molecule has 3 aliphatic heterocycles. The van der Waals surface area contributed by atoms with Gasteiger partial charge in [0.15, 0.2) is 11.5 Å². The second-order valence-corrected chi connectivity index (χ2v) is 13.4. The van der Waals surface area contributed by atoms with Crippen molar-refractivity contribution in [2.45, 2.75) is 26.2 Å². The highest BCUT2D eigenvalue weighted by atomic mass is 16.6. The third-order valence-corrected chi connectivity index (χ3v) is 10.2. The van der Waals surface area contributed by atoms with E-state index in [1.54, 1.807) is 36.1 Å². The van der Waals surface area contributed by atoms with E-state index in [-0.39, 0.29) is 24.1 Å². The van der Waals surface area contributed by atoms with Crippen LogP contribution in [-0.2, 0) is 14.3 Å². The van der Waals surface area contributed by atoms with Gasteiger partial charge in [-0.25, -0.2) is 9.78 Å². The molecule has 13 nitrogen and oxygen atoms in total. The van der Waals surface area contributed by atoms with E-state index in [4.69, 9.17) is 20.3 Å². The van der Waals surface area contributed by atoms with Gasteiger partial charge in [0, 0.05) is 68.5 Å². The lowest BCUT2D eigenvalue weighted by Gasteiger charge is -2.29. The van der Waals surface area contributed by atoms with Crippen molar-refractivity contribution in [3.8, 4) is 0 Å². The van der Waals surface area contributed by atoms with Crippen molar-refractivity contribution >= 4 is 57.6 Å². The van der Waals surface area contributed by atoms with Crippen LogP contribution in [0.2, 0.25) is 0 Å². The number of likely N-dealkylation sites (tertiary alicyclic amines) is 1. The second kappa shape index (κ2) is 13.5. The Labute approximate surface area is 295 Å². The van der Waals surface area contributed by atoms with E-state index in [9.17, 15) is 19.8 Å². The fraction of sp³-hybridized carbons (Fsp3) is 0.316. The highest BCUT2D eigenvalue weighted by Crippen LogP contribution is 2.43. The summed E-state index contributed by atoms with van der Waals surface area (Å²) >= 11 is 0. The molecule has 0 bridgehead atoms. The molecule has 7 rings (SSSR count). The fourth-order valence-electron chi connectivity index (χ4n) is 7.29. The molecule has 0 radical (unpaired) electrons. The SMILES string of the molecule is CNC(=O)OC(=[N-])c1ccc(C2=CCN(C(=O)CN3CC[C@]4(CCN(c5ccc(N)c(C(=N)c6ccc7oc(C)nc7c6)c5)C4=O)C3)CC2)cc1. The lowest BCUT2D eigenvalue weighted by Crippen LogP contribution is -2.43. The Morgan fingerprint density at radius 2 is 1.82 bits per heavy atom. The molecule has 3 aromatic carbocycles. The Hall–Kier alpha value is -5.82. The summed E-state index contributed by atoms with van der Waals surface area (Å²) in [7, 11) is 1.41. The number of aryl methyl sites for hydroxylation is 1. The van der Waals surface area contributed by atoms with Gasteiger partial charge < -0.3 is 35.4 Å². The first kappa shape index (κ1) is 33.7. The Morgan fingerprint density at radius 3 is 2.57 bits per heavy atom. The maximum Gasteiger partial charge on any atom is 0.410 e. The lowest BCUT2D eigenvalue weighted by atomic mass is 9.85. The van der Waals surface area contributed by atoms with Gasteiger partial charge in [-0.2, -0.15) is 0 Å². The number of benzene rings is 3. The number of nitrogens with zero attached hydrogens (tertiary/aromatic N) is 5. The molecular formula is C38H39N8O5-. The first-order chi connectivity index (χ1) is 24.5. The van der Waals surface area contributed by atoms with Crippen molar-refractivity contribution < 1.29 is 23.5 Å². The smallest absolute Gasteiger partial charge is 0.410 e. The van der Waals surface area contributed by atoms with Gasteiger partial charge in [-0.05, 0) is 78.9 Å². The fourth-order valence-corrected chi connectivity index (χ4v) is 7.29. The summed E-state index contributed by atoms with van der Waals surface area (Å²) in [6.07, 6.45) is 3.35. The third-order valence-electron chi connectivity index (χ3n) is 10.2. The summed E-state index contributed by atoms with van der Waals surface area (Å²) in [6, 6.07) is 17.9. The topological polar surface area (TPSA) is 180 Å². The molecule has 2 fully saturated rings. The standard InChI is InChI=1S/C38H39N8O5/c1-23-43-31-19-27(7-10-32(31)50-23)34(40)29-20-28(8-9-30(29)39)46-18-14-38(36(46)48)13-17-44(22-38)21-33(47)45-15-11-25(12-16-45)24-3-5-26(6-4-24)35(41)51-37(49)42-2/h3-11,19-20,40H,12-18,21-22,39H2,1-2H3,(H,42,49)/q-1/t38-/m0/s1. The number of aromatic nitrogens is 1. The average molecular weight is 688 g/mol. The molecule has 0 aliphatic carbocycles. The van der Waals surface area contributed by atoms with Crippen molar-refractivity contribution in [1.82, 2.24) is 20.1 Å². The number of amides is 3. The van der Waals surface area contributed by atoms with Gasteiger partial charge in [0.1, 0.15) is 5.52 Å². The summed E-state index contributed by atoms with van der Waals surface area (Å²) < 4.78 is 10.4. The van der Waals surface area contributed by atoms with E-state index >= 15 is 0 Å². The number of fused-ring (bicyclic) bond motifs is 1.